The van der Waals surface area contributed by atoms with E-state index in [-0.39, 0.29) is 6.42 Å². The van der Waals surface area contributed by atoms with Gasteiger partial charge in [-0.05, 0) is 80.3 Å². The van der Waals surface area contributed by atoms with Crippen LogP contribution in [-0.4, -0.2) is 36.4 Å². The molecule has 0 radical (unpaired) electrons. The van der Waals surface area contributed by atoms with Gasteiger partial charge in [0.15, 0.2) is 5.65 Å². The molecule has 7 heteroatoms. The van der Waals surface area contributed by atoms with Crippen LogP contribution in [0.3, 0.4) is 0 Å². The average molecular weight is 426 g/mol. The van der Waals surface area contributed by atoms with Crippen LogP contribution in [-0.2, 0) is 11.2 Å². The van der Waals surface area contributed by atoms with E-state index in [1.54, 1.807) is 27.1 Å². The van der Waals surface area contributed by atoms with Gasteiger partial charge in [0, 0.05) is 10.4 Å². The smallest absolute Gasteiger partial charge is 0.307 e. The fraction of sp³-hybridized carbons (Fsp3) is 0.261. The van der Waals surface area contributed by atoms with E-state index in [4.69, 9.17) is 16.7 Å². The Morgan fingerprint density at radius 1 is 1.13 bits per heavy atom. The number of aliphatic carboxylic acids is 1. The van der Waals surface area contributed by atoms with Crippen molar-refractivity contribution in [3.63, 3.8) is 0 Å². The molecule has 0 aliphatic rings. The topological polar surface area (TPSA) is 87.7 Å². The van der Waals surface area contributed by atoms with Gasteiger partial charge in [-0.3, -0.25) is 9.20 Å². The highest BCUT2D eigenvalue weighted by Crippen LogP contribution is 2.35. The van der Waals surface area contributed by atoms with Crippen LogP contribution in [0.15, 0.2) is 48.8 Å². The molecule has 2 N–H and O–H groups in total. The first-order valence-corrected chi connectivity index (χ1v) is 9.87. The molecular weight excluding hydrogens is 402 g/mol. The summed E-state index contributed by atoms with van der Waals surface area (Å²) < 4.78 is 1.91. The fourth-order valence-corrected chi connectivity index (χ4v) is 3.38. The minimum absolute atomic E-state index is 0.0417. The molecule has 2 heterocycles. The van der Waals surface area contributed by atoms with E-state index in [0.29, 0.717) is 5.02 Å². The summed E-state index contributed by atoms with van der Waals surface area (Å²) >= 11 is 6.02. The lowest BCUT2D eigenvalue weighted by Gasteiger charge is -2.16. The number of carboxylic acids is 1. The van der Waals surface area contributed by atoms with E-state index in [1.807, 2.05) is 53.8 Å². The van der Waals surface area contributed by atoms with Crippen LogP contribution in [0.2, 0.25) is 5.02 Å². The second-order valence-electron chi connectivity index (χ2n) is 8.12. The molecule has 2 aromatic heterocycles. The van der Waals surface area contributed by atoms with E-state index in [9.17, 15) is 9.90 Å². The van der Waals surface area contributed by atoms with E-state index in [1.165, 1.54) is 0 Å². The number of aromatic nitrogens is 3. The number of pyridine rings is 1. The number of benzene rings is 2. The van der Waals surface area contributed by atoms with Gasteiger partial charge in [-0.25, -0.2) is 0 Å². The van der Waals surface area contributed by atoms with Gasteiger partial charge in [-0.15, -0.1) is 10.2 Å². The van der Waals surface area contributed by atoms with Gasteiger partial charge in [0.2, 0.25) is 0 Å². The van der Waals surface area contributed by atoms with Gasteiger partial charge >= 0.3 is 5.97 Å². The number of hydrogen-bond donors (Lipinski definition) is 2. The van der Waals surface area contributed by atoms with E-state index >= 15 is 0 Å². The maximum absolute atomic E-state index is 11.4. The predicted molar refractivity (Wildman–Crippen MR) is 119 cm³/mol. The number of carbonyl (C=O) groups is 1. The Morgan fingerprint density at radius 2 is 1.77 bits per heavy atom. The zero-order chi connectivity index (χ0) is 22.1. The molecule has 30 heavy (non-hydrogen) atoms. The number of halogens is 1. The first kappa shape index (κ1) is 21.7. The van der Waals surface area contributed by atoms with Crippen LogP contribution in [0.1, 0.15) is 31.9 Å². The molecule has 156 valence electrons. The van der Waals surface area contributed by atoms with Crippen molar-refractivity contribution in [1.82, 2.24) is 14.6 Å². The van der Waals surface area contributed by atoms with Crippen LogP contribution in [0.4, 0.5) is 0 Å². The number of fused-ring (bicyclic) bond motifs is 3. The van der Waals surface area contributed by atoms with Crippen LogP contribution in [0.25, 0.3) is 27.7 Å². The summed E-state index contributed by atoms with van der Waals surface area (Å²) in [5.41, 5.74) is 4.75. The molecule has 0 spiro atoms. The van der Waals surface area contributed by atoms with Gasteiger partial charge in [0.1, 0.15) is 6.33 Å². The van der Waals surface area contributed by atoms with Crippen molar-refractivity contribution in [2.45, 2.75) is 39.7 Å². The minimum atomic E-state index is -0.858. The zero-order valence-electron chi connectivity index (χ0n) is 17.3. The molecule has 2 aromatic carbocycles. The molecule has 0 fully saturated rings. The van der Waals surface area contributed by atoms with Gasteiger partial charge in [0.05, 0.1) is 17.5 Å². The maximum Gasteiger partial charge on any atom is 0.307 e. The van der Waals surface area contributed by atoms with Crippen LogP contribution >= 0.6 is 11.6 Å². The molecule has 0 aliphatic heterocycles. The molecule has 0 aliphatic carbocycles. The number of nitrogens with zero attached hydrogens (tertiary/aromatic N) is 3. The number of rotatable bonds is 3. The number of carboxylic acid groups (broad SMARTS) is 1. The summed E-state index contributed by atoms with van der Waals surface area (Å²) in [6.45, 7) is 7.16. The Labute approximate surface area is 179 Å². The number of aliphatic hydroxyl groups is 1. The summed E-state index contributed by atoms with van der Waals surface area (Å²) in [6, 6.07) is 13.3. The van der Waals surface area contributed by atoms with E-state index < -0.39 is 11.6 Å². The first-order chi connectivity index (χ1) is 14.0. The molecule has 4 aromatic rings. The quantitative estimate of drug-likeness (QED) is 0.486. The number of aryl methyl sites for hydroxylation is 1. The van der Waals surface area contributed by atoms with Crippen molar-refractivity contribution < 1.29 is 15.0 Å². The zero-order valence-corrected chi connectivity index (χ0v) is 18.1. The van der Waals surface area contributed by atoms with Gasteiger partial charge in [-0.1, -0.05) is 23.7 Å². The second kappa shape index (κ2) is 8.42. The fourth-order valence-electron chi connectivity index (χ4n) is 3.25. The lowest BCUT2D eigenvalue weighted by Crippen LogP contribution is -2.10. The van der Waals surface area contributed by atoms with Gasteiger partial charge in [0.25, 0.3) is 0 Å². The molecule has 0 saturated heterocycles. The highest BCUT2D eigenvalue weighted by Gasteiger charge is 2.17. The van der Waals surface area contributed by atoms with Crippen molar-refractivity contribution in [1.29, 1.82) is 0 Å². The third-order valence-electron chi connectivity index (χ3n) is 4.37. The molecule has 6 nitrogen and oxygen atoms in total. The summed E-state index contributed by atoms with van der Waals surface area (Å²) in [5.74, 6) is -0.858. The Morgan fingerprint density at radius 3 is 2.37 bits per heavy atom. The summed E-state index contributed by atoms with van der Waals surface area (Å²) in [6.07, 6.45) is 1.62. The van der Waals surface area contributed by atoms with E-state index in [2.05, 4.69) is 10.2 Å². The van der Waals surface area contributed by atoms with Crippen molar-refractivity contribution in [3.8, 4) is 11.1 Å². The molecule has 4 rings (SSSR count). The van der Waals surface area contributed by atoms with Gasteiger partial charge in [-0.2, -0.15) is 0 Å². The first-order valence-electron chi connectivity index (χ1n) is 9.49. The Kier molecular flexibility index (Phi) is 6.10. The predicted octanol–water partition coefficient (Wildman–Crippen LogP) is 4.92. The summed E-state index contributed by atoms with van der Waals surface area (Å²) in [4.78, 5) is 11.4. The second-order valence-corrected chi connectivity index (χ2v) is 8.56. The third kappa shape index (κ3) is 4.96. The molecule has 0 amide bonds. The Balaban J connectivity index is 0.000000461. The van der Waals surface area contributed by atoms with Crippen molar-refractivity contribution in [3.05, 3.63) is 64.9 Å². The van der Waals surface area contributed by atoms with Crippen molar-refractivity contribution >= 4 is 34.1 Å². The number of hydrogen-bond acceptors (Lipinski definition) is 4. The summed E-state index contributed by atoms with van der Waals surface area (Å²) in [5, 5.41) is 27.5. The normalized spacial score (nSPS) is 11.4. The lowest BCUT2D eigenvalue weighted by molar-refractivity contribution is -0.136. The van der Waals surface area contributed by atoms with Crippen LogP contribution in [0, 0.1) is 6.92 Å². The van der Waals surface area contributed by atoms with Crippen molar-refractivity contribution in [2.75, 3.05) is 0 Å². The van der Waals surface area contributed by atoms with Crippen LogP contribution < -0.4 is 0 Å². The molecule has 0 atom stereocenters. The standard InChI is InChI=1S/C19H14ClN3O2.C4H10O/c1-11-8-16-14(6-7-17-22-21-10-23(16)17)19(15(11)9-18(24)25)12-2-4-13(20)5-3-12;1-4(2,3)5/h2-8,10H,9H2,1H3,(H,24,25);5H,1-3H3. The highest BCUT2D eigenvalue weighted by atomic mass is 35.5. The highest BCUT2D eigenvalue weighted by molar-refractivity contribution is 6.30. The average Bonchev–Trinajstić information content (AvgIpc) is 3.11. The summed E-state index contributed by atoms with van der Waals surface area (Å²) in [7, 11) is 0. The van der Waals surface area contributed by atoms with Gasteiger partial charge < -0.3 is 10.2 Å². The van der Waals surface area contributed by atoms with E-state index in [0.717, 1.165) is 38.8 Å². The Bertz CT molecular complexity index is 1200. The third-order valence-corrected chi connectivity index (χ3v) is 4.62. The SMILES string of the molecule is CC(C)(C)O.Cc1cc2c(ccc3nncn32)c(-c2ccc(Cl)cc2)c1CC(=O)O. The molecule has 0 saturated carbocycles. The minimum Gasteiger partial charge on any atom is -0.481 e. The molecule has 0 bridgehead atoms. The largest absolute Gasteiger partial charge is 0.481 e. The lowest BCUT2D eigenvalue weighted by atomic mass is 9.90. The van der Waals surface area contributed by atoms with Crippen molar-refractivity contribution in [2.24, 2.45) is 0 Å². The maximum atomic E-state index is 11.4. The molecular formula is C23H24ClN3O3. The molecule has 0 unspecified atom stereocenters. The Hall–Kier alpha value is -2.96. The monoisotopic (exact) mass is 425 g/mol. The van der Waals surface area contributed by atoms with Crippen LogP contribution in [0.5, 0.6) is 0 Å².